The third kappa shape index (κ3) is 2.15. The Morgan fingerprint density at radius 2 is 1.57 bits per heavy atom. The number of carboxylic acid groups (broad SMARTS) is 2. The van der Waals surface area contributed by atoms with Crippen LogP contribution in [0.5, 0.6) is 0 Å². The molecule has 4 aliphatic rings. The average Bonchev–Trinajstić information content (AvgIpc) is 3.24. The van der Waals surface area contributed by atoms with Crippen molar-refractivity contribution in [1.82, 2.24) is 0 Å². The average molecular weight is 298 g/mol. The maximum atomic E-state index is 11.8. The van der Waals surface area contributed by atoms with E-state index in [4.69, 9.17) is 14.2 Å². The number of fused-ring (bicyclic) bond motifs is 1. The van der Waals surface area contributed by atoms with Crippen molar-refractivity contribution >= 4 is 11.9 Å². The Balaban J connectivity index is 1.62. The molecular formula is C14H18O7. The van der Waals surface area contributed by atoms with Crippen LogP contribution >= 0.6 is 0 Å². The minimum Gasteiger partial charge on any atom is -0.480 e. The minimum absolute atomic E-state index is 0.00947. The lowest BCUT2D eigenvalue weighted by Crippen LogP contribution is -2.53. The van der Waals surface area contributed by atoms with Gasteiger partial charge in [-0.15, -0.1) is 0 Å². The van der Waals surface area contributed by atoms with Gasteiger partial charge in [0.2, 0.25) is 0 Å². The van der Waals surface area contributed by atoms with E-state index in [1.165, 1.54) is 0 Å². The topological polar surface area (TPSA) is 112 Å². The van der Waals surface area contributed by atoms with Crippen LogP contribution in [-0.4, -0.2) is 59.8 Å². The van der Waals surface area contributed by atoms with Gasteiger partial charge in [-0.05, 0) is 25.2 Å². The summed E-state index contributed by atoms with van der Waals surface area (Å²) in [5, 5.41) is 19.3. The van der Waals surface area contributed by atoms with Crippen LogP contribution in [0.25, 0.3) is 0 Å². The fraction of sp³-hybridized carbons (Fsp3) is 0.857. The molecule has 3 saturated heterocycles. The van der Waals surface area contributed by atoms with E-state index in [9.17, 15) is 19.8 Å². The molecule has 7 nitrogen and oxygen atoms in total. The molecular weight excluding hydrogens is 280 g/mol. The van der Waals surface area contributed by atoms with E-state index in [-0.39, 0.29) is 36.8 Å². The van der Waals surface area contributed by atoms with Crippen molar-refractivity contribution in [1.29, 1.82) is 0 Å². The molecule has 4 rings (SSSR count). The molecule has 0 aromatic rings. The predicted octanol–water partition coefficient (Wildman–Crippen LogP) is 0.123. The summed E-state index contributed by atoms with van der Waals surface area (Å²) in [6, 6.07) is 0. The quantitative estimate of drug-likeness (QED) is 0.529. The number of ether oxygens (including phenoxy) is 3. The Labute approximate surface area is 121 Å². The largest absolute Gasteiger partial charge is 0.480 e. The minimum atomic E-state index is -1.76. The highest BCUT2D eigenvalue weighted by atomic mass is 16.6. The summed E-state index contributed by atoms with van der Waals surface area (Å²) >= 11 is 0. The van der Waals surface area contributed by atoms with Gasteiger partial charge in [0.1, 0.15) is 0 Å². The molecule has 4 fully saturated rings. The first kappa shape index (κ1) is 13.5. The highest BCUT2D eigenvalue weighted by molar-refractivity contribution is 5.99. The van der Waals surface area contributed by atoms with Crippen LogP contribution in [0.1, 0.15) is 19.3 Å². The second-order valence-electron chi connectivity index (χ2n) is 6.60. The van der Waals surface area contributed by atoms with Crippen LogP contribution in [0, 0.1) is 17.3 Å². The summed E-state index contributed by atoms with van der Waals surface area (Å²) in [4.78, 5) is 23.7. The molecule has 1 aliphatic carbocycles. The Bertz CT molecular complexity index is 468. The number of hydrogen-bond acceptors (Lipinski definition) is 5. The van der Waals surface area contributed by atoms with E-state index in [0.29, 0.717) is 26.1 Å². The van der Waals surface area contributed by atoms with Gasteiger partial charge in [-0.2, -0.15) is 0 Å². The van der Waals surface area contributed by atoms with E-state index in [1.807, 2.05) is 0 Å². The molecule has 0 bridgehead atoms. The Kier molecular flexibility index (Phi) is 2.83. The summed E-state index contributed by atoms with van der Waals surface area (Å²) < 4.78 is 16.0. The van der Waals surface area contributed by atoms with Gasteiger partial charge in [-0.1, -0.05) is 0 Å². The Morgan fingerprint density at radius 1 is 1.00 bits per heavy atom. The van der Waals surface area contributed by atoms with Crippen LogP contribution in [-0.2, 0) is 23.8 Å². The first-order valence-electron chi connectivity index (χ1n) is 7.38. The van der Waals surface area contributed by atoms with Crippen molar-refractivity contribution < 1.29 is 34.0 Å². The molecule has 21 heavy (non-hydrogen) atoms. The van der Waals surface area contributed by atoms with Gasteiger partial charge in [-0.25, -0.2) is 0 Å². The van der Waals surface area contributed by atoms with Gasteiger partial charge >= 0.3 is 11.9 Å². The maximum absolute atomic E-state index is 11.8. The molecule has 0 aromatic carbocycles. The zero-order valence-corrected chi connectivity index (χ0v) is 11.4. The van der Waals surface area contributed by atoms with Crippen molar-refractivity contribution in [2.24, 2.45) is 17.3 Å². The van der Waals surface area contributed by atoms with E-state index >= 15 is 0 Å². The van der Waals surface area contributed by atoms with Crippen molar-refractivity contribution in [3.05, 3.63) is 0 Å². The second-order valence-corrected chi connectivity index (χ2v) is 6.60. The molecule has 6 atom stereocenters. The fourth-order valence-electron chi connectivity index (χ4n) is 3.97. The van der Waals surface area contributed by atoms with Crippen molar-refractivity contribution in [3.63, 3.8) is 0 Å². The number of epoxide rings is 3. The van der Waals surface area contributed by atoms with E-state index in [1.54, 1.807) is 0 Å². The van der Waals surface area contributed by atoms with Crippen LogP contribution in [0.2, 0.25) is 0 Å². The summed E-state index contributed by atoms with van der Waals surface area (Å²) in [5.41, 5.74) is -1.76. The lowest BCUT2D eigenvalue weighted by molar-refractivity contribution is -0.173. The lowest BCUT2D eigenvalue weighted by Gasteiger charge is -2.38. The number of carboxylic acids is 2. The third-order valence-corrected chi connectivity index (χ3v) is 5.29. The van der Waals surface area contributed by atoms with Crippen molar-refractivity contribution in [2.45, 2.75) is 43.7 Å². The first-order chi connectivity index (χ1) is 10.0. The summed E-state index contributed by atoms with van der Waals surface area (Å²) in [6.07, 6.45) is 1.12. The molecule has 116 valence electrons. The van der Waals surface area contributed by atoms with Gasteiger partial charge in [-0.3, -0.25) is 9.59 Å². The summed E-state index contributed by atoms with van der Waals surface area (Å²) in [7, 11) is 0. The Hall–Kier alpha value is -1.18. The lowest BCUT2D eigenvalue weighted by atomic mass is 9.60. The monoisotopic (exact) mass is 298 g/mol. The molecule has 0 spiro atoms. The maximum Gasteiger partial charge on any atom is 0.321 e. The van der Waals surface area contributed by atoms with Gasteiger partial charge in [0, 0.05) is 5.92 Å². The van der Waals surface area contributed by atoms with Gasteiger partial charge in [0.25, 0.3) is 0 Å². The van der Waals surface area contributed by atoms with Crippen molar-refractivity contribution in [2.75, 3.05) is 13.2 Å². The van der Waals surface area contributed by atoms with Crippen LogP contribution in [0.3, 0.4) is 0 Å². The van der Waals surface area contributed by atoms with E-state index in [2.05, 4.69) is 0 Å². The SMILES string of the molecule is O=C(O)C1(C(=O)O)CC(CC2CO2)C2OC2C1CC1CO1. The normalized spacial score (nSPS) is 45.5. The highest BCUT2D eigenvalue weighted by Gasteiger charge is 2.69. The molecule has 7 heteroatoms. The smallest absolute Gasteiger partial charge is 0.321 e. The van der Waals surface area contributed by atoms with Crippen LogP contribution < -0.4 is 0 Å². The zero-order valence-electron chi connectivity index (χ0n) is 11.4. The standard InChI is InChI=1S/C14H18O7/c15-12(16)14(13(17)18)3-6(1-7-4-19-7)10-11(21-10)9(14)2-8-5-20-8/h6-11H,1-5H2,(H,15,16)(H,17,18). The van der Waals surface area contributed by atoms with Gasteiger partial charge < -0.3 is 24.4 Å². The van der Waals surface area contributed by atoms with Gasteiger partial charge in [0.15, 0.2) is 5.41 Å². The van der Waals surface area contributed by atoms with Crippen molar-refractivity contribution in [3.8, 4) is 0 Å². The zero-order chi connectivity index (χ0) is 14.8. The summed E-state index contributed by atoms with van der Waals surface area (Å²) in [6.45, 7) is 1.27. The highest BCUT2D eigenvalue weighted by Crippen LogP contribution is 2.57. The third-order valence-electron chi connectivity index (χ3n) is 5.29. The van der Waals surface area contributed by atoms with Crippen LogP contribution in [0.15, 0.2) is 0 Å². The van der Waals surface area contributed by atoms with Crippen LogP contribution in [0.4, 0.5) is 0 Å². The molecule has 3 heterocycles. The number of rotatable bonds is 6. The Morgan fingerprint density at radius 3 is 2.10 bits per heavy atom. The number of hydrogen-bond donors (Lipinski definition) is 2. The first-order valence-corrected chi connectivity index (χ1v) is 7.38. The molecule has 0 amide bonds. The van der Waals surface area contributed by atoms with E-state index < -0.39 is 23.3 Å². The fourth-order valence-corrected chi connectivity index (χ4v) is 3.97. The molecule has 0 radical (unpaired) electrons. The number of aliphatic carboxylic acids is 2. The molecule has 2 N–H and O–H groups in total. The molecule has 6 unspecified atom stereocenters. The predicted molar refractivity (Wildman–Crippen MR) is 66.7 cm³/mol. The number of carbonyl (C=O) groups is 2. The van der Waals surface area contributed by atoms with E-state index in [0.717, 1.165) is 0 Å². The molecule has 3 aliphatic heterocycles. The second kappa shape index (κ2) is 4.41. The molecule has 0 aromatic heterocycles. The van der Waals surface area contributed by atoms with Gasteiger partial charge in [0.05, 0.1) is 37.6 Å². The molecule has 1 saturated carbocycles. The summed E-state index contributed by atoms with van der Waals surface area (Å²) in [5.74, 6) is -3.07.